The number of nitrogens with zero attached hydrogens (tertiary/aromatic N) is 2. The summed E-state index contributed by atoms with van der Waals surface area (Å²) in [5.41, 5.74) is -2.66. The number of nitrogens with two attached hydrogens (primary N) is 1. The van der Waals surface area contributed by atoms with Gasteiger partial charge in [0.1, 0.15) is 0 Å². The first-order chi connectivity index (χ1) is 13.4. The number of alkyl halides is 3. The maximum absolute atomic E-state index is 14.1. The van der Waals surface area contributed by atoms with E-state index in [1.165, 1.54) is 31.2 Å². The van der Waals surface area contributed by atoms with Crippen molar-refractivity contribution in [2.45, 2.75) is 25.1 Å². The van der Waals surface area contributed by atoms with Gasteiger partial charge >= 0.3 is 6.18 Å². The van der Waals surface area contributed by atoms with Crippen LogP contribution in [0.5, 0.6) is 0 Å². The second-order valence-electron chi connectivity index (χ2n) is 6.34. The van der Waals surface area contributed by atoms with Crippen LogP contribution >= 0.6 is 34.8 Å². The van der Waals surface area contributed by atoms with E-state index in [4.69, 9.17) is 45.5 Å². The third-order valence-corrected chi connectivity index (χ3v) is 5.15. The minimum Gasteiger partial charge on any atom is -0.374 e. The molecule has 5 nitrogen and oxygen atoms in total. The molecule has 3 rings (SSSR count). The Morgan fingerprint density at radius 2 is 1.79 bits per heavy atom. The van der Waals surface area contributed by atoms with Crippen molar-refractivity contribution in [2.75, 3.05) is 5.01 Å². The van der Waals surface area contributed by atoms with E-state index in [-0.39, 0.29) is 37.6 Å². The van der Waals surface area contributed by atoms with Crippen molar-refractivity contribution in [3.8, 4) is 0 Å². The van der Waals surface area contributed by atoms with Crippen LogP contribution < -0.4 is 10.9 Å². The van der Waals surface area contributed by atoms with Crippen LogP contribution in [0, 0.1) is 0 Å². The molecular formula is C18H13Cl3F3N3O2. The molecule has 0 bridgehead atoms. The van der Waals surface area contributed by atoms with Crippen molar-refractivity contribution in [2.24, 2.45) is 11.0 Å². The van der Waals surface area contributed by atoms with E-state index in [0.717, 1.165) is 17.1 Å². The maximum atomic E-state index is 14.1. The average molecular weight is 467 g/mol. The highest BCUT2D eigenvalue weighted by Crippen LogP contribution is 2.49. The van der Waals surface area contributed by atoms with Gasteiger partial charge in [0.2, 0.25) is 5.91 Å². The molecule has 0 fully saturated rings. The molecule has 29 heavy (non-hydrogen) atoms. The highest BCUT2D eigenvalue weighted by Gasteiger charge is 2.62. The zero-order chi connectivity index (χ0) is 21.6. The van der Waals surface area contributed by atoms with Crippen LogP contribution in [0.25, 0.3) is 0 Å². The lowest BCUT2D eigenvalue weighted by atomic mass is 9.86. The van der Waals surface area contributed by atoms with Gasteiger partial charge in [-0.15, -0.1) is 0 Å². The quantitative estimate of drug-likeness (QED) is 0.371. The molecule has 2 aromatic carbocycles. The topological polar surface area (TPSA) is 67.9 Å². The van der Waals surface area contributed by atoms with E-state index in [1.54, 1.807) is 0 Å². The number of carbonyl (C=O) groups is 1. The van der Waals surface area contributed by atoms with Crippen LogP contribution in [0.15, 0.2) is 41.6 Å². The number of hydrazine groups is 1. The molecule has 0 saturated carbocycles. The highest BCUT2D eigenvalue weighted by molar-refractivity contribution is 6.35. The molecule has 1 heterocycles. The third-order valence-electron chi connectivity index (χ3n) is 4.39. The van der Waals surface area contributed by atoms with Crippen LogP contribution in [0.4, 0.5) is 18.9 Å². The number of hydrogen-bond acceptors (Lipinski definition) is 4. The number of anilines is 1. The average Bonchev–Trinajstić information content (AvgIpc) is 3.07. The summed E-state index contributed by atoms with van der Waals surface area (Å²) < 4.78 is 42.2. The summed E-state index contributed by atoms with van der Waals surface area (Å²) in [5, 5.41) is 4.65. The van der Waals surface area contributed by atoms with E-state index in [2.05, 4.69) is 5.16 Å². The Hall–Kier alpha value is -2.00. The van der Waals surface area contributed by atoms with Crippen molar-refractivity contribution in [1.82, 2.24) is 0 Å². The monoisotopic (exact) mass is 465 g/mol. The van der Waals surface area contributed by atoms with E-state index < -0.39 is 24.1 Å². The first-order valence-electron chi connectivity index (χ1n) is 8.08. The Labute approximate surface area is 178 Å². The summed E-state index contributed by atoms with van der Waals surface area (Å²) in [6, 6.07) is 7.80. The summed E-state index contributed by atoms with van der Waals surface area (Å²) in [7, 11) is 0. The zero-order valence-corrected chi connectivity index (χ0v) is 17.0. The Kier molecular flexibility index (Phi) is 5.75. The lowest BCUT2D eigenvalue weighted by Gasteiger charge is -2.29. The minimum absolute atomic E-state index is 0.00621. The fourth-order valence-electron chi connectivity index (χ4n) is 2.89. The van der Waals surface area contributed by atoms with Crippen molar-refractivity contribution >= 4 is 52.1 Å². The summed E-state index contributed by atoms with van der Waals surface area (Å²) in [6.45, 7) is 1.22. The zero-order valence-electron chi connectivity index (χ0n) is 14.7. The molecular weight excluding hydrogens is 454 g/mol. The highest BCUT2D eigenvalue weighted by atomic mass is 35.5. The summed E-state index contributed by atoms with van der Waals surface area (Å²) in [5.74, 6) is 5.16. The molecule has 0 aliphatic carbocycles. The fraction of sp³-hybridized carbons (Fsp3) is 0.222. The number of rotatable bonds is 3. The molecule has 1 atom stereocenters. The van der Waals surface area contributed by atoms with Crippen LogP contribution in [0.2, 0.25) is 15.1 Å². The molecule has 1 aliphatic heterocycles. The third kappa shape index (κ3) is 4.02. The number of benzene rings is 2. The predicted molar refractivity (Wildman–Crippen MR) is 105 cm³/mol. The smallest absolute Gasteiger partial charge is 0.374 e. The van der Waals surface area contributed by atoms with Gasteiger partial charge in [-0.1, -0.05) is 46.0 Å². The van der Waals surface area contributed by atoms with Crippen LogP contribution in [0.3, 0.4) is 0 Å². The predicted octanol–water partition coefficient (Wildman–Crippen LogP) is 5.46. The molecule has 1 aliphatic rings. The summed E-state index contributed by atoms with van der Waals surface area (Å²) in [6.07, 6.45) is -5.46. The van der Waals surface area contributed by atoms with Crippen molar-refractivity contribution < 1.29 is 22.8 Å². The van der Waals surface area contributed by atoms with Crippen molar-refractivity contribution in [1.29, 1.82) is 0 Å². The lowest BCUT2D eigenvalue weighted by Crippen LogP contribution is -2.42. The van der Waals surface area contributed by atoms with Gasteiger partial charge in [0.05, 0.1) is 16.4 Å². The summed E-state index contributed by atoms with van der Waals surface area (Å²) in [4.78, 5) is 16.5. The van der Waals surface area contributed by atoms with Crippen LogP contribution in [0.1, 0.15) is 24.5 Å². The normalized spacial score (nSPS) is 19.0. The van der Waals surface area contributed by atoms with Gasteiger partial charge in [-0.3, -0.25) is 4.79 Å². The second kappa shape index (κ2) is 7.68. The molecule has 11 heteroatoms. The fourth-order valence-corrected chi connectivity index (χ4v) is 3.63. The van der Waals surface area contributed by atoms with Gasteiger partial charge < -0.3 is 4.84 Å². The van der Waals surface area contributed by atoms with E-state index in [1.807, 2.05) is 0 Å². The molecule has 0 radical (unpaired) electrons. The molecule has 1 unspecified atom stereocenters. The molecule has 2 aromatic rings. The Balaban J connectivity index is 2.03. The molecule has 154 valence electrons. The maximum Gasteiger partial charge on any atom is 0.435 e. The largest absolute Gasteiger partial charge is 0.435 e. The molecule has 1 amide bonds. The molecule has 2 N–H and O–H groups in total. The van der Waals surface area contributed by atoms with Crippen LogP contribution in [-0.4, -0.2) is 17.8 Å². The van der Waals surface area contributed by atoms with Gasteiger partial charge in [0.15, 0.2) is 0 Å². The van der Waals surface area contributed by atoms with Crippen molar-refractivity contribution in [3.63, 3.8) is 0 Å². The van der Waals surface area contributed by atoms with Gasteiger partial charge in [-0.25, -0.2) is 10.9 Å². The first kappa shape index (κ1) is 21.7. The van der Waals surface area contributed by atoms with Gasteiger partial charge in [-0.05, 0) is 30.3 Å². The number of carbonyl (C=O) groups excluding carboxylic acids is 1. The Morgan fingerprint density at radius 3 is 2.34 bits per heavy atom. The minimum atomic E-state index is -4.82. The van der Waals surface area contributed by atoms with Gasteiger partial charge in [0, 0.05) is 34.5 Å². The Morgan fingerprint density at radius 1 is 1.17 bits per heavy atom. The number of oxime groups is 1. The molecule has 0 saturated heterocycles. The number of amides is 1. The van der Waals surface area contributed by atoms with E-state index in [9.17, 15) is 18.0 Å². The van der Waals surface area contributed by atoms with E-state index >= 15 is 0 Å². The lowest BCUT2D eigenvalue weighted by molar-refractivity contribution is -0.275. The standard InChI is InChI=1S/C18H13Cl3F3N3O2/c1-9(28)27(25)16-4-10(2-3-14(16)21)15-8-17(29-26-15,18(22,23)24)11-5-12(19)7-13(20)6-11/h2-7H,8,25H2,1H3. The molecule has 0 aromatic heterocycles. The second-order valence-corrected chi connectivity index (χ2v) is 7.62. The number of hydrogen-bond donors (Lipinski definition) is 1. The van der Waals surface area contributed by atoms with Gasteiger partial charge in [0.25, 0.3) is 5.60 Å². The molecule has 0 spiro atoms. The van der Waals surface area contributed by atoms with Crippen molar-refractivity contribution in [3.05, 3.63) is 62.6 Å². The summed E-state index contributed by atoms with van der Waals surface area (Å²) >= 11 is 17.8. The van der Waals surface area contributed by atoms with E-state index in [0.29, 0.717) is 0 Å². The number of halogens is 6. The Bertz CT molecular complexity index is 993. The first-order valence-corrected chi connectivity index (χ1v) is 9.21. The van der Waals surface area contributed by atoms with Crippen LogP contribution in [-0.2, 0) is 15.2 Å². The SMILES string of the molecule is CC(=O)N(N)c1cc(C2=NOC(c3cc(Cl)cc(Cl)c3)(C(F)(F)F)C2)ccc1Cl. The van der Waals surface area contributed by atoms with Gasteiger partial charge in [-0.2, -0.15) is 13.2 Å².